The van der Waals surface area contributed by atoms with Gasteiger partial charge in [-0.2, -0.15) is 0 Å². The van der Waals surface area contributed by atoms with Crippen molar-refractivity contribution in [2.75, 3.05) is 37.5 Å². The van der Waals surface area contributed by atoms with Gasteiger partial charge < -0.3 is 20.5 Å². The number of nitrogens with two attached hydrogens (primary N) is 1. The Morgan fingerprint density at radius 1 is 1.24 bits per heavy atom. The van der Waals surface area contributed by atoms with E-state index < -0.39 is 0 Å². The zero-order valence-corrected chi connectivity index (χ0v) is 13.1. The van der Waals surface area contributed by atoms with Crippen LogP contribution in [0.3, 0.4) is 0 Å². The maximum absolute atomic E-state index is 11.7. The van der Waals surface area contributed by atoms with Gasteiger partial charge in [0.25, 0.3) is 0 Å². The van der Waals surface area contributed by atoms with Crippen molar-refractivity contribution in [3.8, 4) is 0 Å². The summed E-state index contributed by atoms with van der Waals surface area (Å²) in [5.74, 6) is -0.0903. The number of benzene rings is 1. The van der Waals surface area contributed by atoms with Crippen LogP contribution < -0.4 is 11.1 Å². The Hall–Kier alpha value is -1.30. The van der Waals surface area contributed by atoms with Crippen LogP contribution >= 0.6 is 11.6 Å². The minimum Gasteiger partial charge on any atom is -0.399 e. The number of hydrogen-bond acceptors (Lipinski definition) is 4. The van der Waals surface area contributed by atoms with E-state index >= 15 is 0 Å². The highest BCUT2D eigenvalue weighted by Crippen LogP contribution is 2.24. The fourth-order valence-corrected chi connectivity index (χ4v) is 1.88. The first-order valence-corrected chi connectivity index (χ1v) is 7.51. The zero-order chi connectivity index (χ0) is 15.5. The Labute approximate surface area is 130 Å². The molecule has 5 nitrogen and oxygen atoms in total. The van der Waals surface area contributed by atoms with Crippen LogP contribution in [0.25, 0.3) is 0 Å². The maximum Gasteiger partial charge on any atom is 0.224 e. The molecule has 0 spiro atoms. The Morgan fingerprint density at radius 3 is 2.62 bits per heavy atom. The second-order valence-electron chi connectivity index (χ2n) is 4.62. The number of carbonyl (C=O) groups is 1. The number of carbonyl (C=O) groups excluding carboxylic acids is 1. The summed E-state index contributed by atoms with van der Waals surface area (Å²) >= 11 is 5.98. The van der Waals surface area contributed by atoms with Crippen LogP contribution in [0, 0.1) is 0 Å². The zero-order valence-electron chi connectivity index (χ0n) is 12.4. The Balaban J connectivity index is 2.11. The largest absolute Gasteiger partial charge is 0.399 e. The van der Waals surface area contributed by atoms with Gasteiger partial charge in [-0.15, -0.1) is 0 Å². The predicted molar refractivity (Wildman–Crippen MR) is 85.7 cm³/mol. The molecule has 0 saturated carbocycles. The van der Waals surface area contributed by atoms with E-state index in [9.17, 15) is 4.79 Å². The molecule has 0 fully saturated rings. The van der Waals surface area contributed by atoms with Crippen molar-refractivity contribution in [3.05, 3.63) is 23.2 Å². The summed E-state index contributed by atoms with van der Waals surface area (Å²) in [6.45, 7) is 4.52. The minimum atomic E-state index is -0.0903. The monoisotopic (exact) mass is 314 g/mol. The first-order chi connectivity index (χ1) is 10.1. The lowest BCUT2D eigenvalue weighted by Crippen LogP contribution is -2.13. The summed E-state index contributed by atoms with van der Waals surface area (Å²) in [7, 11) is 0. The number of nitrogens with one attached hydrogen (secondary N) is 1. The van der Waals surface area contributed by atoms with Crippen LogP contribution in [-0.4, -0.2) is 32.3 Å². The molecule has 0 aromatic heterocycles. The normalized spacial score (nSPS) is 10.6. The van der Waals surface area contributed by atoms with Gasteiger partial charge in [0.1, 0.15) is 0 Å². The highest BCUT2D eigenvalue weighted by atomic mass is 35.5. The average molecular weight is 315 g/mol. The van der Waals surface area contributed by atoms with E-state index in [0.29, 0.717) is 49.1 Å². The molecule has 6 heteroatoms. The van der Waals surface area contributed by atoms with E-state index in [0.717, 1.165) is 13.0 Å². The molecule has 1 aromatic rings. The molecule has 0 aliphatic rings. The number of hydrogen-bond donors (Lipinski definition) is 2. The van der Waals surface area contributed by atoms with Crippen LogP contribution in [0.4, 0.5) is 11.4 Å². The standard InChI is InChI=1S/C15H23ClN2O3/c1-2-7-20-9-10-21-8-3-4-15(19)18-14-6-5-12(17)11-13(14)16/h5-6,11H,2-4,7-10,17H2,1H3,(H,18,19). The lowest BCUT2D eigenvalue weighted by atomic mass is 10.2. The number of ether oxygens (including phenoxy) is 2. The molecule has 0 aliphatic carbocycles. The Kier molecular flexibility index (Phi) is 8.82. The van der Waals surface area contributed by atoms with Crippen molar-refractivity contribution >= 4 is 28.9 Å². The minimum absolute atomic E-state index is 0.0903. The van der Waals surface area contributed by atoms with Crippen molar-refractivity contribution in [2.24, 2.45) is 0 Å². The molecule has 0 heterocycles. The lowest BCUT2D eigenvalue weighted by molar-refractivity contribution is -0.116. The van der Waals surface area contributed by atoms with E-state index in [1.54, 1.807) is 18.2 Å². The molecule has 0 bridgehead atoms. The van der Waals surface area contributed by atoms with Crippen LogP contribution in [-0.2, 0) is 14.3 Å². The number of anilines is 2. The number of rotatable bonds is 10. The highest BCUT2D eigenvalue weighted by Gasteiger charge is 2.06. The average Bonchev–Trinajstić information content (AvgIpc) is 2.45. The number of amides is 1. The molecule has 1 rings (SSSR count). The molecule has 0 saturated heterocycles. The van der Waals surface area contributed by atoms with E-state index in [4.69, 9.17) is 26.8 Å². The molecule has 3 N–H and O–H groups in total. The van der Waals surface area contributed by atoms with Crippen molar-refractivity contribution < 1.29 is 14.3 Å². The molecule has 1 amide bonds. The van der Waals surface area contributed by atoms with Crippen LogP contribution in [0.5, 0.6) is 0 Å². The van der Waals surface area contributed by atoms with Gasteiger partial charge in [0.15, 0.2) is 0 Å². The van der Waals surface area contributed by atoms with E-state index in [1.165, 1.54) is 0 Å². The first kappa shape index (κ1) is 17.8. The molecular weight excluding hydrogens is 292 g/mol. The summed E-state index contributed by atoms with van der Waals surface area (Å²) in [5.41, 5.74) is 6.73. The van der Waals surface area contributed by atoms with Gasteiger partial charge in [0, 0.05) is 25.3 Å². The van der Waals surface area contributed by atoms with E-state index in [1.807, 2.05) is 0 Å². The SMILES string of the molecule is CCCOCCOCCCC(=O)Nc1ccc(N)cc1Cl. The topological polar surface area (TPSA) is 73.6 Å². The quantitative estimate of drug-likeness (QED) is 0.514. The third-order valence-electron chi connectivity index (χ3n) is 2.68. The molecule has 0 aliphatic heterocycles. The third-order valence-corrected chi connectivity index (χ3v) is 2.99. The van der Waals surface area contributed by atoms with Crippen molar-refractivity contribution in [1.82, 2.24) is 0 Å². The van der Waals surface area contributed by atoms with Crippen molar-refractivity contribution in [2.45, 2.75) is 26.2 Å². The summed E-state index contributed by atoms with van der Waals surface area (Å²) < 4.78 is 10.7. The van der Waals surface area contributed by atoms with Gasteiger partial charge in [-0.3, -0.25) is 4.79 Å². The molecule has 0 unspecified atom stereocenters. The smallest absolute Gasteiger partial charge is 0.224 e. The first-order valence-electron chi connectivity index (χ1n) is 7.14. The van der Waals surface area contributed by atoms with E-state index in [2.05, 4.69) is 12.2 Å². The lowest BCUT2D eigenvalue weighted by Gasteiger charge is -2.08. The Morgan fingerprint density at radius 2 is 1.95 bits per heavy atom. The van der Waals surface area contributed by atoms with Crippen molar-refractivity contribution in [3.63, 3.8) is 0 Å². The fraction of sp³-hybridized carbons (Fsp3) is 0.533. The molecule has 118 valence electrons. The number of nitrogen functional groups attached to an aromatic ring is 1. The van der Waals surface area contributed by atoms with Crippen LogP contribution in [0.2, 0.25) is 5.02 Å². The van der Waals surface area contributed by atoms with E-state index in [-0.39, 0.29) is 5.91 Å². The van der Waals surface area contributed by atoms with Gasteiger partial charge in [0.2, 0.25) is 5.91 Å². The molecular formula is C15H23ClN2O3. The molecule has 21 heavy (non-hydrogen) atoms. The summed E-state index contributed by atoms with van der Waals surface area (Å²) in [6, 6.07) is 4.99. The van der Waals surface area contributed by atoms with Crippen LogP contribution in [0.15, 0.2) is 18.2 Å². The number of halogens is 1. The molecule has 0 radical (unpaired) electrons. The summed E-state index contributed by atoms with van der Waals surface area (Å²) in [4.78, 5) is 11.7. The predicted octanol–water partition coefficient (Wildman–Crippen LogP) is 3.08. The third kappa shape index (κ3) is 7.90. The fourth-order valence-electron chi connectivity index (χ4n) is 1.65. The van der Waals surface area contributed by atoms with Gasteiger partial charge in [-0.25, -0.2) is 0 Å². The highest BCUT2D eigenvalue weighted by molar-refractivity contribution is 6.34. The Bertz CT molecular complexity index is 441. The molecule has 0 atom stereocenters. The maximum atomic E-state index is 11.7. The summed E-state index contributed by atoms with van der Waals surface area (Å²) in [6.07, 6.45) is 2.05. The second kappa shape index (κ2) is 10.4. The van der Waals surface area contributed by atoms with Gasteiger partial charge in [0.05, 0.1) is 23.9 Å². The second-order valence-corrected chi connectivity index (χ2v) is 5.02. The summed E-state index contributed by atoms with van der Waals surface area (Å²) in [5, 5.41) is 3.19. The molecule has 1 aromatic carbocycles. The van der Waals surface area contributed by atoms with Gasteiger partial charge in [-0.05, 0) is 31.0 Å². The van der Waals surface area contributed by atoms with Gasteiger partial charge in [-0.1, -0.05) is 18.5 Å². The van der Waals surface area contributed by atoms with Crippen molar-refractivity contribution in [1.29, 1.82) is 0 Å². The van der Waals surface area contributed by atoms with Crippen LogP contribution in [0.1, 0.15) is 26.2 Å². The van der Waals surface area contributed by atoms with Gasteiger partial charge >= 0.3 is 0 Å².